The molecule has 0 amide bonds. The summed E-state index contributed by atoms with van der Waals surface area (Å²) in [5, 5.41) is 0. The molecule has 0 spiro atoms. The Morgan fingerprint density at radius 2 is 2.20 bits per heavy atom. The van der Waals surface area contributed by atoms with Crippen molar-refractivity contribution in [3.8, 4) is 0 Å². The van der Waals surface area contributed by atoms with E-state index in [0.717, 1.165) is 12.0 Å². The Morgan fingerprint density at radius 3 is 2.73 bits per heavy atom. The van der Waals surface area contributed by atoms with Gasteiger partial charge in [-0.2, -0.15) is 0 Å². The average Bonchev–Trinajstić information content (AvgIpc) is 2.24. The Bertz CT molecular complexity index is 330. The fraction of sp³-hybridized carbons (Fsp3) is 0.455. The number of rotatable bonds is 4. The maximum atomic E-state index is 13.3. The second-order valence-electron chi connectivity index (χ2n) is 3.67. The van der Waals surface area contributed by atoms with E-state index >= 15 is 0 Å². The quantitative estimate of drug-likeness (QED) is 0.654. The van der Waals surface area contributed by atoms with E-state index in [4.69, 9.17) is 5.84 Å². The Morgan fingerprint density at radius 1 is 1.53 bits per heavy atom. The van der Waals surface area contributed by atoms with Crippen molar-refractivity contribution < 1.29 is 4.39 Å². The van der Waals surface area contributed by atoms with Gasteiger partial charge in [-0.1, -0.05) is 32.4 Å². The monoisotopic (exact) mass is 274 g/mol. The molecule has 0 saturated carbocycles. The second-order valence-corrected chi connectivity index (χ2v) is 4.47. The van der Waals surface area contributed by atoms with Crippen LogP contribution in [-0.4, -0.2) is 0 Å². The number of halogens is 2. The molecule has 2 nitrogen and oxygen atoms in total. The Hall–Kier alpha value is -0.450. The summed E-state index contributed by atoms with van der Waals surface area (Å²) in [6.07, 6.45) is 0.984. The Labute approximate surface area is 98.1 Å². The van der Waals surface area contributed by atoms with Gasteiger partial charge in [0.15, 0.2) is 0 Å². The Kier molecular flexibility index (Phi) is 4.70. The number of hydrazine groups is 1. The molecule has 0 aromatic heterocycles. The first-order valence-corrected chi connectivity index (χ1v) is 5.81. The van der Waals surface area contributed by atoms with E-state index in [1.165, 1.54) is 6.07 Å². The number of nitrogens with one attached hydrogen (secondary N) is 1. The second kappa shape index (κ2) is 5.58. The van der Waals surface area contributed by atoms with Gasteiger partial charge < -0.3 is 0 Å². The van der Waals surface area contributed by atoms with E-state index in [9.17, 15) is 4.39 Å². The molecule has 4 heteroatoms. The van der Waals surface area contributed by atoms with E-state index in [1.54, 1.807) is 6.07 Å². The summed E-state index contributed by atoms with van der Waals surface area (Å²) >= 11 is 3.25. The molecule has 0 aliphatic carbocycles. The van der Waals surface area contributed by atoms with Crippen LogP contribution in [0, 0.1) is 11.7 Å². The lowest BCUT2D eigenvalue weighted by atomic mass is 9.93. The molecule has 0 aliphatic heterocycles. The van der Waals surface area contributed by atoms with Crippen LogP contribution in [0.15, 0.2) is 22.7 Å². The molecule has 0 aliphatic rings. The van der Waals surface area contributed by atoms with E-state index in [0.29, 0.717) is 10.4 Å². The largest absolute Gasteiger partial charge is 0.271 e. The average molecular weight is 275 g/mol. The molecule has 2 atom stereocenters. The highest BCUT2D eigenvalue weighted by Gasteiger charge is 2.20. The number of benzene rings is 1. The van der Waals surface area contributed by atoms with E-state index in [1.807, 2.05) is 6.07 Å². The molecule has 1 aromatic carbocycles. The SMILES string of the molecule is CCC(C)C(NN)c1cccc(F)c1Br. The highest BCUT2D eigenvalue weighted by molar-refractivity contribution is 9.10. The molecule has 84 valence electrons. The molecule has 15 heavy (non-hydrogen) atoms. The van der Waals surface area contributed by atoms with Crippen molar-refractivity contribution in [3.63, 3.8) is 0 Å². The molecule has 1 rings (SSSR count). The van der Waals surface area contributed by atoms with Crippen LogP contribution in [0.25, 0.3) is 0 Å². The van der Waals surface area contributed by atoms with Crippen molar-refractivity contribution in [1.29, 1.82) is 0 Å². The molecule has 0 fully saturated rings. The van der Waals surface area contributed by atoms with Crippen LogP contribution >= 0.6 is 15.9 Å². The lowest BCUT2D eigenvalue weighted by Crippen LogP contribution is -2.32. The predicted octanol–water partition coefficient (Wildman–Crippen LogP) is 3.14. The zero-order valence-electron chi connectivity index (χ0n) is 8.93. The van der Waals surface area contributed by atoms with Gasteiger partial charge in [0.1, 0.15) is 5.82 Å². The molecule has 0 heterocycles. The van der Waals surface area contributed by atoms with Crippen molar-refractivity contribution >= 4 is 15.9 Å². The summed E-state index contributed by atoms with van der Waals surface area (Å²) in [6, 6.07) is 4.98. The number of nitrogens with two attached hydrogens (primary N) is 1. The van der Waals surface area contributed by atoms with E-state index in [-0.39, 0.29) is 11.9 Å². The van der Waals surface area contributed by atoms with Crippen molar-refractivity contribution in [2.24, 2.45) is 11.8 Å². The Balaban J connectivity index is 3.07. The zero-order valence-corrected chi connectivity index (χ0v) is 10.5. The van der Waals surface area contributed by atoms with E-state index < -0.39 is 0 Å². The molecule has 0 bridgehead atoms. The van der Waals surface area contributed by atoms with Gasteiger partial charge in [-0.25, -0.2) is 4.39 Å². The van der Waals surface area contributed by atoms with Gasteiger partial charge in [0.2, 0.25) is 0 Å². The van der Waals surface area contributed by atoms with Gasteiger partial charge in [-0.15, -0.1) is 0 Å². The molecule has 1 aromatic rings. The van der Waals surface area contributed by atoms with Gasteiger partial charge in [-0.3, -0.25) is 11.3 Å². The summed E-state index contributed by atoms with van der Waals surface area (Å²) < 4.78 is 13.8. The lowest BCUT2D eigenvalue weighted by molar-refractivity contribution is 0.380. The van der Waals surface area contributed by atoms with Crippen LogP contribution in [0.1, 0.15) is 31.9 Å². The molecule has 2 unspecified atom stereocenters. The van der Waals surface area contributed by atoms with Crippen LogP contribution < -0.4 is 11.3 Å². The third-order valence-electron chi connectivity index (χ3n) is 2.71. The minimum Gasteiger partial charge on any atom is -0.271 e. The molecular formula is C11H16BrFN2. The van der Waals surface area contributed by atoms with Crippen molar-refractivity contribution in [3.05, 3.63) is 34.1 Å². The fourth-order valence-electron chi connectivity index (χ4n) is 1.56. The van der Waals surface area contributed by atoms with Crippen LogP contribution in [0.5, 0.6) is 0 Å². The third kappa shape index (κ3) is 2.77. The van der Waals surface area contributed by atoms with Crippen LogP contribution in [0.2, 0.25) is 0 Å². The smallest absolute Gasteiger partial charge is 0.137 e. The first kappa shape index (κ1) is 12.6. The third-order valence-corrected chi connectivity index (χ3v) is 3.55. The van der Waals surface area contributed by atoms with Gasteiger partial charge >= 0.3 is 0 Å². The molecule has 0 saturated heterocycles. The lowest BCUT2D eigenvalue weighted by Gasteiger charge is -2.23. The first-order chi connectivity index (χ1) is 7.11. The maximum absolute atomic E-state index is 13.3. The first-order valence-electron chi connectivity index (χ1n) is 5.01. The topological polar surface area (TPSA) is 38.0 Å². The zero-order chi connectivity index (χ0) is 11.4. The van der Waals surface area contributed by atoms with Crippen molar-refractivity contribution in [2.45, 2.75) is 26.3 Å². The summed E-state index contributed by atoms with van der Waals surface area (Å²) in [4.78, 5) is 0. The van der Waals surface area contributed by atoms with Crippen LogP contribution in [0.4, 0.5) is 4.39 Å². The molecular weight excluding hydrogens is 259 g/mol. The van der Waals surface area contributed by atoms with Gasteiger partial charge in [0.25, 0.3) is 0 Å². The summed E-state index contributed by atoms with van der Waals surface area (Å²) in [6.45, 7) is 4.17. The normalized spacial score (nSPS) is 15.0. The minimum absolute atomic E-state index is 0.0277. The fourth-order valence-corrected chi connectivity index (χ4v) is 2.07. The predicted molar refractivity (Wildman–Crippen MR) is 63.6 cm³/mol. The van der Waals surface area contributed by atoms with Gasteiger partial charge in [-0.05, 0) is 33.5 Å². The molecule has 0 radical (unpaired) electrons. The van der Waals surface area contributed by atoms with Gasteiger partial charge in [0, 0.05) is 6.04 Å². The summed E-state index contributed by atoms with van der Waals surface area (Å²) in [7, 11) is 0. The van der Waals surface area contributed by atoms with E-state index in [2.05, 4.69) is 35.2 Å². The summed E-state index contributed by atoms with van der Waals surface area (Å²) in [5.41, 5.74) is 3.61. The number of hydrogen-bond acceptors (Lipinski definition) is 2. The highest BCUT2D eigenvalue weighted by atomic mass is 79.9. The molecule has 3 N–H and O–H groups in total. The highest BCUT2D eigenvalue weighted by Crippen LogP contribution is 2.31. The number of hydrogen-bond donors (Lipinski definition) is 2. The van der Waals surface area contributed by atoms with Crippen LogP contribution in [0.3, 0.4) is 0 Å². The standard InChI is InChI=1S/C11H16BrFN2/c1-3-7(2)11(15-14)8-5-4-6-9(13)10(8)12/h4-7,11,15H,3,14H2,1-2H3. The minimum atomic E-state index is -0.254. The van der Waals surface area contributed by atoms with Crippen molar-refractivity contribution in [1.82, 2.24) is 5.43 Å². The maximum Gasteiger partial charge on any atom is 0.137 e. The van der Waals surface area contributed by atoms with Crippen LogP contribution in [-0.2, 0) is 0 Å². The van der Waals surface area contributed by atoms with Crippen molar-refractivity contribution in [2.75, 3.05) is 0 Å². The van der Waals surface area contributed by atoms with Gasteiger partial charge in [0.05, 0.1) is 4.47 Å². The summed E-state index contributed by atoms with van der Waals surface area (Å²) in [5.74, 6) is 5.61.